The molecular formula is C16H15BBrS2-. The minimum absolute atomic E-state index is 0. The second-order valence-electron chi connectivity index (χ2n) is 4.05. The molecule has 4 heteroatoms. The van der Waals surface area contributed by atoms with Gasteiger partial charge in [0, 0.05) is 9.40 Å². The average Bonchev–Trinajstić information content (AvgIpc) is 3.03. The number of hydrogen-bond donors (Lipinski definition) is 0. The highest BCUT2D eigenvalue weighted by molar-refractivity contribution is 9.11. The maximum atomic E-state index is 3.44. The molecule has 0 aliphatic heterocycles. The molecule has 0 saturated heterocycles. The third kappa shape index (κ3) is 3.51. The Labute approximate surface area is 136 Å². The summed E-state index contributed by atoms with van der Waals surface area (Å²) in [6, 6.07) is 21.0. The maximum absolute atomic E-state index is 3.44. The second kappa shape index (κ2) is 7.07. The molecule has 0 spiro atoms. The fourth-order valence-electron chi connectivity index (χ4n) is 1.86. The van der Waals surface area contributed by atoms with E-state index in [1.54, 1.807) is 22.7 Å². The molecule has 102 valence electrons. The first-order valence-electron chi connectivity index (χ1n) is 5.89. The van der Waals surface area contributed by atoms with E-state index in [-0.39, 0.29) is 8.41 Å². The summed E-state index contributed by atoms with van der Waals surface area (Å²) in [4.78, 5) is 0. The van der Waals surface area contributed by atoms with Crippen molar-refractivity contribution in [3.8, 4) is 0 Å². The zero-order valence-corrected chi connectivity index (χ0v) is 13.3. The fraction of sp³-hybridized carbons (Fsp3) is 0. The van der Waals surface area contributed by atoms with Crippen molar-refractivity contribution in [3.05, 3.63) is 69.8 Å². The highest BCUT2D eigenvalue weighted by atomic mass is 79.9. The Kier molecular flexibility index (Phi) is 5.41. The molecule has 0 aliphatic carbocycles. The summed E-state index contributed by atoms with van der Waals surface area (Å²) in [5.74, 6) is 0. The van der Waals surface area contributed by atoms with Gasteiger partial charge >= 0.3 is 0 Å². The summed E-state index contributed by atoms with van der Waals surface area (Å²) in [6.45, 7) is 0. The SMILES string of the molecule is Brc1cc2ccccc2s1.[BH4-].c1ccc2sccc2c1. The van der Waals surface area contributed by atoms with Crippen LogP contribution >= 0.6 is 38.6 Å². The van der Waals surface area contributed by atoms with Gasteiger partial charge in [-0.1, -0.05) is 44.8 Å². The van der Waals surface area contributed by atoms with E-state index in [1.165, 1.54) is 24.0 Å². The van der Waals surface area contributed by atoms with Gasteiger partial charge < -0.3 is 0 Å². The van der Waals surface area contributed by atoms with Crippen LogP contribution in [0.3, 0.4) is 0 Å². The first kappa shape index (κ1) is 15.3. The van der Waals surface area contributed by atoms with Crippen molar-refractivity contribution in [1.82, 2.24) is 0 Å². The molecule has 0 amide bonds. The topological polar surface area (TPSA) is 0 Å². The summed E-state index contributed by atoms with van der Waals surface area (Å²) < 4.78 is 3.92. The van der Waals surface area contributed by atoms with Gasteiger partial charge in [-0.15, -0.1) is 22.7 Å². The standard InChI is InChI=1S/C8H5BrS.C8H6S.BH4/c9-8-5-6-3-1-2-4-7(6)10-8;1-2-4-8-7(3-1)5-6-9-8;/h1-5H;1-6H;1H4/q;;-1. The molecule has 0 unspecified atom stereocenters. The zero-order valence-electron chi connectivity index (χ0n) is 10.0. The third-order valence-corrected chi connectivity index (χ3v) is 5.27. The average molecular weight is 362 g/mol. The van der Waals surface area contributed by atoms with Crippen LogP contribution in [0.2, 0.25) is 0 Å². The Morgan fingerprint density at radius 1 is 0.750 bits per heavy atom. The highest BCUT2D eigenvalue weighted by Crippen LogP contribution is 2.28. The quantitative estimate of drug-likeness (QED) is 0.381. The number of halogens is 1. The molecule has 4 rings (SSSR count). The van der Waals surface area contributed by atoms with Crippen molar-refractivity contribution < 1.29 is 0 Å². The van der Waals surface area contributed by atoms with Gasteiger partial charge in [0.2, 0.25) is 0 Å². The van der Waals surface area contributed by atoms with Crippen LogP contribution in [0.5, 0.6) is 0 Å². The van der Waals surface area contributed by atoms with Gasteiger partial charge in [-0.25, -0.2) is 0 Å². The molecule has 0 saturated carbocycles. The number of hydrogen-bond acceptors (Lipinski definition) is 2. The van der Waals surface area contributed by atoms with Gasteiger partial charge in [-0.3, -0.25) is 0 Å². The predicted molar refractivity (Wildman–Crippen MR) is 103 cm³/mol. The van der Waals surface area contributed by atoms with E-state index in [1.807, 2.05) is 0 Å². The first-order chi connectivity index (χ1) is 9.33. The Morgan fingerprint density at radius 2 is 1.40 bits per heavy atom. The van der Waals surface area contributed by atoms with Crippen LogP contribution in [0, 0.1) is 0 Å². The first-order valence-corrected chi connectivity index (χ1v) is 8.38. The lowest BCUT2D eigenvalue weighted by molar-refractivity contribution is 1.85. The Balaban J connectivity index is 0.000000141. The number of benzene rings is 2. The van der Waals surface area contributed by atoms with Crippen LogP contribution in [0.15, 0.2) is 69.8 Å². The highest BCUT2D eigenvalue weighted by Gasteiger charge is 1.95. The summed E-state index contributed by atoms with van der Waals surface area (Å²) in [5, 5.41) is 4.78. The summed E-state index contributed by atoms with van der Waals surface area (Å²) in [7, 11) is 0. The molecule has 0 fully saturated rings. The lowest BCUT2D eigenvalue weighted by Crippen LogP contribution is -1.56. The van der Waals surface area contributed by atoms with E-state index < -0.39 is 0 Å². The summed E-state index contributed by atoms with van der Waals surface area (Å²) >= 11 is 7.00. The van der Waals surface area contributed by atoms with Gasteiger partial charge in [0.25, 0.3) is 0 Å². The third-order valence-electron chi connectivity index (χ3n) is 2.76. The fourth-order valence-corrected chi connectivity index (χ4v) is 4.20. The van der Waals surface area contributed by atoms with Crippen molar-refractivity contribution in [1.29, 1.82) is 0 Å². The molecule has 0 radical (unpaired) electrons. The lowest BCUT2D eigenvalue weighted by atomic mass is 10.3. The summed E-state index contributed by atoms with van der Waals surface area (Å²) in [5.41, 5.74) is 0. The van der Waals surface area contributed by atoms with Crippen molar-refractivity contribution in [3.63, 3.8) is 0 Å². The van der Waals surface area contributed by atoms with Crippen LogP contribution < -0.4 is 0 Å². The number of rotatable bonds is 0. The molecular weight excluding hydrogens is 347 g/mol. The van der Waals surface area contributed by atoms with Crippen molar-refractivity contribution in [2.75, 3.05) is 0 Å². The van der Waals surface area contributed by atoms with Crippen LogP contribution in [0.4, 0.5) is 0 Å². The van der Waals surface area contributed by atoms with Gasteiger partial charge in [0.15, 0.2) is 0 Å². The molecule has 0 bridgehead atoms. The Bertz CT molecular complexity index is 741. The predicted octanol–water partition coefficient (Wildman–Crippen LogP) is 5.11. The van der Waals surface area contributed by atoms with E-state index in [9.17, 15) is 0 Å². The largest absolute Gasteiger partial charge is 0.144 e. The van der Waals surface area contributed by atoms with Gasteiger partial charge in [-0.05, 0) is 56.3 Å². The van der Waals surface area contributed by atoms with E-state index in [4.69, 9.17) is 0 Å². The minimum atomic E-state index is 0. The van der Waals surface area contributed by atoms with Crippen LogP contribution in [0.1, 0.15) is 0 Å². The molecule has 20 heavy (non-hydrogen) atoms. The molecule has 2 aromatic heterocycles. The van der Waals surface area contributed by atoms with E-state index >= 15 is 0 Å². The monoisotopic (exact) mass is 361 g/mol. The van der Waals surface area contributed by atoms with Crippen LogP contribution in [-0.4, -0.2) is 8.41 Å². The number of fused-ring (bicyclic) bond motifs is 2. The molecule has 0 N–H and O–H groups in total. The molecule has 4 aromatic rings. The summed E-state index contributed by atoms with van der Waals surface area (Å²) in [6.07, 6.45) is 0. The van der Waals surface area contributed by atoms with Crippen LogP contribution in [-0.2, 0) is 0 Å². The van der Waals surface area contributed by atoms with Crippen molar-refractivity contribution >= 4 is 67.2 Å². The van der Waals surface area contributed by atoms with Gasteiger partial charge in [-0.2, -0.15) is 0 Å². The molecule has 2 heterocycles. The molecule has 2 aromatic carbocycles. The lowest BCUT2D eigenvalue weighted by Gasteiger charge is -1.82. The van der Waals surface area contributed by atoms with Crippen LogP contribution in [0.25, 0.3) is 20.2 Å². The smallest absolute Gasteiger partial charge is 0.0711 e. The van der Waals surface area contributed by atoms with Gasteiger partial charge in [0.05, 0.1) is 3.79 Å². The second-order valence-corrected chi connectivity index (χ2v) is 7.46. The minimum Gasteiger partial charge on any atom is -0.144 e. The molecule has 0 aliphatic rings. The Hall–Kier alpha value is -1.10. The van der Waals surface area contributed by atoms with E-state index in [2.05, 4.69) is 82.0 Å². The van der Waals surface area contributed by atoms with Crippen molar-refractivity contribution in [2.24, 2.45) is 0 Å². The Morgan fingerprint density at radius 3 is 2.10 bits per heavy atom. The van der Waals surface area contributed by atoms with E-state index in [0.29, 0.717) is 0 Å². The normalized spacial score (nSPS) is 9.85. The number of thiophene rings is 2. The molecule has 0 nitrogen and oxygen atoms in total. The zero-order chi connectivity index (χ0) is 13.1. The molecule has 0 atom stereocenters. The van der Waals surface area contributed by atoms with Gasteiger partial charge in [0.1, 0.15) is 0 Å². The van der Waals surface area contributed by atoms with E-state index in [0.717, 1.165) is 0 Å². The van der Waals surface area contributed by atoms with Crippen molar-refractivity contribution in [2.45, 2.75) is 0 Å². The maximum Gasteiger partial charge on any atom is 0.0711 e.